The highest BCUT2D eigenvalue weighted by atomic mass is 16.6. The van der Waals surface area contributed by atoms with Gasteiger partial charge in [-0.2, -0.15) is 0 Å². The van der Waals surface area contributed by atoms with Crippen LogP contribution in [0, 0.1) is 6.92 Å². The van der Waals surface area contributed by atoms with Gasteiger partial charge in [0.25, 0.3) is 0 Å². The van der Waals surface area contributed by atoms with Gasteiger partial charge in [-0.05, 0) is 6.92 Å². The lowest BCUT2D eigenvalue weighted by Crippen LogP contribution is -2.29. The molecule has 1 heterocycles. The van der Waals surface area contributed by atoms with Gasteiger partial charge in [0, 0.05) is 19.6 Å². The van der Waals surface area contributed by atoms with Crippen LogP contribution in [0.25, 0.3) is 0 Å². The van der Waals surface area contributed by atoms with Crippen LogP contribution in [0.1, 0.15) is 11.4 Å². The molecule has 0 spiro atoms. The van der Waals surface area contributed by atoms with Crippen LogP contribution in [0.4, 0.5) is 0 Å². The van der Waals surface area contributed by atoms with Crippen molar-refractivity contribution in [2.45, 2.75) is 13.5 Å². The zero-order valence-corrected chi connectivity index (χ0v) is 8.18. The molecule has 0 aromatic carbocycles. The van der Waals surface area contributed by atoms with Crippen molar-refractivity contribution in [3.05, 3.63) is 11.4 Å². The summed E-state index contributed by atoms with van der Waals surface area (Å²) in [6.45, 7) is 3.48. The van der Waals surface area contributed by atoms with E-state index >= 15 is 0 Å². The molecule has 0 unspecified atom stereocenters. The molecule has 0 aliphatic rings. The van der Waals surface area contributed by atoms with Gasteiger partial charge in [-0.15, -0.1) is 0 Å². The summed E-state index contributed by atoms with van der Waals surface area (Å²) < 4.78 is 4.55. The third-order valence-electron chi connectivity index (χ3n) is 1.95. The van der Waals surface area contributed by atoms with E-state index in [1.54, 1.807) is 0 Å². The highest BCUT2D eigenvalue weighted by molar-refractivity contribution is 5.04. The molecule has 6 heteroatoms. The van der Waals surface area contributed by atoms with Gasteiger partial charge in [-0.25, -0.2) is 4.63 Å². The van der Waals surface area contributed by atoms with Gasteiger partial charge in [-0.3, -0.25) is 4.90 Å². The van der Waals surface area contributed by atoms with E-state index < -0.39 is 0 Å². The highest BCUT2D eigenvalue weighted by Crippen LogP contribution is 2.04. The van der Waals surface area contributed by atoms with Crippen LogP contribution >= 0.6 is 0 Å². The van der Waals surface area contributed by atoms with Crippen molar-refractivity contribution in [2.24, 2.45) is 0 Å². The van der Waals surface area contributed by atoms with Crippen LogP contribution in [0.3, 0.4) is 0 Å². The number of rotatable bonds is 6. The van der Waals surface area contributed by atoms with E-state index in [-0.39, 0.29) is 13.2 Å². The lowest BCUT2D eigenvalue weighted by atomic mass is 10.3. The Kier molecular flexibility index (Phi) is 4.51. The van der Waals surface area contributed by atoms with Crippen molar-refractivity contribution in [1.29, 1.82) is 0 Å². The molecule has 0 atom stereocenters. The van der Waals surface area contributed by atoms with Crippen molar-refractivity contribution in [2.75, 3.05) is 26.3 Å². The number of hydrogen-bond acceptors (Lipinski definition) is 6. The fourth-order valence-electron chi connectivity index (χ4n) is 1.16. The summed E-state index contributed by atoms with van der Waals surface area (Å²) in [6, 6.07) is 0. The summed E-state index contributed by atoms with van der Waals surface area (Å²) in [5.74, 6) is 0. The highest BCUT2D eigenvalue weighted by Gasteiger charge is 2.10. The normalized spacial score (nSPS) is 11.1. The Bertz CT molecular complexity index is 258. The van der Waals surface area contributed by atoms with Crippen LogP contribution in [0.15, 0.2) is 4.63 Å². The zero-order chi connectivity index (χ0) is 10.4. The number of aliphatic hydroxyl groups is 2. The van der Waals surface area contributed by atoms with Gasteiger partial charge in [0.05, 0.1) is 13.2 Å². The average Bonchev–Trinajstić information content (AvgIpc) is 2.53. The summed E-state index contributed by atoms with van der Waals surface area (Å²) in [7, 11) is 0. The Labute approximate surface area is 82.1 Å². The summed E-state index contributed by atoms with van der Waals surface area (Å²) in [6.07, 6.45) is 0. The number of hydrogen-bond donors (Lipinski definition) is 2. The number of aromatic nitrogens is 2. The summed E-state index contributed by atoms with van der Waals surface area (Å²) in [4.78, 5) is 1.88. The summed E-state index contributed by atoms with van der Waals surface area (Å²) in [5.41, 5.74) is 1.48. The van der Waals surface area contributed by atoms with E-state index in [4.69, 9.17) is 10.2 Å². The molecule has 14 heavy (non-hydrogen) atoms. The van der Waals surface area contributed by atoms with Crippen molar-refractivity contribution in [3.63, 3.8) is 0 Å². The van der Waals surface area contributed by atoms with E-state index in [1.807, 2.05) is 11.8 Å². The van der Waals surface area contributed by atoms with Crippen LogP contribution in [0.5, 0.6) is 0 Å². The lowest BCUT2D eigenvalue weighted by molar-refractivity contribution is 0.153. The number of aliphatic hydroxyl groups excluding tert-OH is 2. The smallest absolute Gasteiger partial charge is 0.122 e. The Morgan fingerprint density at radius 1 is 1.21 bits per heavy atom. The Morgan fingerprint density at radius 2 is 1.86 bits per heavy atom. The number of nitrogens with zero attached hydrogens (tertiary/aromatic N) is 3. The van der Waals surface area contributed by atoms with Gasteiger partial charge in [0.15, 0.2) is 0 Å². The van der Waals surface area contributed by atoms with E-state index in [0.29, 0.717) is 19.6 Å². The maximum atomic E-state index is 8.78. The second kappa shape index (κ2) is 5.69. The number of aryl methyl sites for hydroxylation is 1. The molecular formula is C8H15N3O3. The van der Waals surface area contributed by atoms with Crippen LogP contribution < -0.4 is 0 Å². The first-order valence-electron chi connectivity index (χ1n) is 4.50. The molecule has 0 fully saturated rings. The molecule has 1 rings (SSSR count). The fourth-order valence-corrected chi connectivity index (χ4v) is 1.16. The SMILES string of the molecule is Cc1nonc1CN(CCO)CCO. The quantitative estimate of drug-likeness (QED) is 0.624. The molecular weight excluding hydrogens is 186 g/mol. The first-order chi connectivity index (χ1) is 6.77. The first-order valence-corrected chi connectivity index (χ1v) is 4.50. The Balaban J connectivity index is 2.50. The molecule has 0 amide bonds. The molecule has 1 aromatic heterocycles. The standard InChI is InChI=1S/C8H15N3O3/c1-7-8(10-14-9-7)6-11(2-4-12)3-5-13/h12-13H,2-6H2,1H3. The second-order valence-electron chi connectivity index (χ2n) is 3.02. The van der Waals surface area contributed by atoms with Gasteiger partial charge < -0.3 is 10.2 Å². The van der Waals surface area contributed by atoms with Crippen LogP contribution in [-0.2, 0) is 6.54 Å². The minimum absolute atomic E-state index is 0.0598. The van der Waals surface area contributed by atoms with Crippen LogP contribution in [-0.4, -0.2) is 51.7 Å². The third-order valence-corrected chi connectivity index (χ3v) is 1.95. The Morgan fingerprint density at radius 3 is 2.29 bits per heavy atom. The lowest BCUT2D eigenvalue weighted by Gasteiger charge is -2.18. The predicted molar refractivity (Wildman–Crippen MR) is 48.5 cm³/mol. The van der Waals surface area contributed by atoms with Crippen molar-refractivity contribution >= 4 is 0 Å². The third kappa shape index (κ3) is 3.06. The average molecular weight is 201 g/mol. The van der Waals surface area contributed by atoms with Crippen molar-refractivity contribution in [1.82, 2.24) is 15.2 Å². The van der Waals surface area contributed by atoms with Gasteiger partial charge in [-0.1, -0.05) is 10.3 Å². The van der Waals surface area contributed by atoms with Crippen molar-refractivity contribution in [3.8, 4) is 0 Å². The monoisotopic (exact) mass is 201 g/mol. The predicted octanol–water partition coefficient (Wildman–Crippen LogP) is -0.835. The summed E-state index contributed by atoms with van der Waals surface area (Å²) in [5, 5.41) is 24.9. The molecule has 1 aromatic rings. The van der Waals surface area contributed by atoms with E-state index in [1.165, 1.54) is 0 Å². The molecule has 0 saturated heterocycles. The molecule has 0 bridgehead atoms. The molecule has 6 nitrogen and oxygen atoms in total. The minimum Gasteiger partial charge on any atom is -0.395 e. The maximum Gasteiger partial charge on any atom is 0.122 e. The molecule has 2 N–H and O–H groups in total. The second-order valence-corrected chi connectivity index (χ2v) is 3.02. The van der Waals surface area contributed by atoms with E-state index in [9.17, 15) is 0 Å². The summed E-state index contributed by atoms with van der Waals surface area (Å²) >= 11 is 0. The van der Waals surface area contributed by atoms with Crippen LogP contribution in [0.2, 0.25) is 0 Å². The van der Waals surface area contributed by atoms with E-state index in [2.05, 4.69) is 14.9 Å². The van der Waals surface area contributed by atoms with Gasteiger partial charge in [0.1, 0.15) is 11.4 Å². The minimum atomic E-state index is 0.0598. The van der Waals surface area contributed by atoms with Gasteiger partial charge in [0.2, 0.25) is 0 Å². The first kappa shape index (κ1) is 11.1. The van der Waals surface area contributed by atoms with Gasteiger partial charge >= 0.3 is 0 Å². The molecule has 0 saturated carbocycles. The molecule has 0 aliphatic heterocycles. The maximum absolute atomic E-state index is 8.78. The topological polar surface area (TPSA) is 82.6 Å². The fraction of sp³-hybridized carbons (Fsp3) is 0.750. The van der Waals surface area contributed by atoms with Crippen molar-refractivity contribution < 1.29 is 14.8 Å². The zero-order valence-electron chi connectivity index (χ0n) is 8.18. The Hall–Kier alpha value is -0.980. The molecule has 80 valence electrons. The molecule has 0 aliphatic carbocycles. The molecule has 0 radical (unpaired) electrons. The van der Waals surface area contributed by atoms with E-state index in [0.717, 1.165) is 11.4 Å². The largest absolute Gasteiger partial charge is 0.395 e.